The van der Waals surface area contributed by atoms with Crippen LogP contribution in [0, 0.1) is 6.92 Å². The number of ether oxygens (including phenoxy) is 2. The fourth-order valence-electron chi connectivity index (χ4n) is 3.94. The molecule has 0 spiro atoms. The number of nitrogens with zero attached hydrogens (tertiary/aromatic N) is 4. The Kier molecular flexibility index (Phi) is 5.12. The molecule has 0 saturated heterocycles. The van der Waals surface area contributed by atoms with E-state index in [0.29, 0.717) is 12.8 Å². The second kappa shape index (κ2) is 8.06. The van der Waals surface area contributed by atoms with Gasteiger partial charge in [-0.3, -0.25) is 4.79 Å². The molecule has 3 aromatic rings. The molecule has 0 fully saturated rings. The number of nitrogens with one attached hydrogen (secondary N) is 1. The fourth-order valence-corrected chi connectivity index (χ4v) is 4.53. The molecule has 8 nitrogen and oxygen atoms in total. The molecule has 2 aliphatic heterocycles. The maximum atomic E-state index is 12.5. The van der Waals surface area contributed by atoms with Gasteiger partial charge in [0.1, 0.15) is 11.5 Å². The highest BCUT2D eigenvalue weighted by molar-refractivity contribution is 7.09. The minimum absolute atomic E-state index is 0.0747. The van der Waals surface area contributed by atoms with E-state index in [1.165, 1.54) is 0 Å². The van der Waals surface area contributed by atoms with Gasteiger partial charge in [-0.15, -0.1) is 21.5 Å². The molecule has 0 aliphatic carbocycles. The normalized spacial score (nSPS) is 17.4. The van der Waals surface area contributed by atoms with Crippen molar-refractivity contribution in [3.63, 3.8) is 0 Å². The van der Waals surface area contributed by atoms with Crippen LogP contribution in [-0.4, -0.2) is 38.5 Å². The summed E-state index contributed by atoms with van der Waals surface area (Å²) in [4.78, 5) is 17.1. The number of aromatic nitrogens is 4. The van der Waals surface area contributed by atoms with Crippen molar-refractivity contribution in [2.45, 2.75) is 51.6 Å². The average Bonchev–Trinajstić information content (AvgIpc) is 3.45. The highest BCUT2D eigenvalue weighted by Crippen LogP contribution is 2.32. The van der Waals surface area contributed by atoms with Crippen LogP contribution in [0.4, 0.5) is 0 Å². The third kappa shape index (κ3) is 3.89. The molecule has 156 valence electrons. The van der Waals surface area contributed by atoms with Crippen LogP contribution in [0.5, 0.6) is 11.5 Å². The summed E-state index contributed by atoms with van der Waals surface area (Å²) in [5, 5.41) is 14.9. The van der Waals surface area contributed by atoms with Gasteiger partial charge in [0.25, 0.3) is 0 Å². The van der Waals surface area contributed by atoms with E-state index in [-0.39, 0.29) is 18.7 Å². The van der Waals surface area contributed by atoms with Gasteiger partial charge >= 0.3 is 0 Å². The lowest BCUT2D eigenvalue weighted by Crippen LogP contribution is -2.35. The molecular formula is C21H23N5O3S. The summed E-state index contributed by atoms with van der Waals surface area (Å²) in [6, 6.07) is 5.98. The predicted molar refractivity (Wildman–Crippen MR) is 112 cm³/mol. The van der Waals surface area contributed by atoms with Crippen molar-refractivity contribution >= 4 is 17.2 Å². The highest BCUT2D eigenvalue weighted by atomic mass is 32.1. The predicted octanol–water partition coefficient (Wildman–Crippen LogP) is 2.89. The lowest BCUT2D eigenvalue weighted by molar-refractivity contribution is -0.121. The maximum absolute atomic E-state index is 12.5. The Labute approximate surface area is 178 Å². The van der Waals surface area contributed by atoms with Crippen molar-refractivity contribution in [1.82, 2.24) is 25.1 Å². The number of hydrogen-bond acceptors (Lipinski definition) is 7. The Morgan fingerprint density at radius 2 is 2.17 bits per heavy atom. The standard InChI is InChI=1S/C21H23N5O3S/c1-13-22-16(11-30-13)21-25-24-19-6-4-15(8-9-26(19)21)23-20(27)7-3-14-2-5-17-18(10-14)29-12-28-17/h2,5,10-11,15H,3-4,6-9,12H2,1H3,(H,23,27). The topological polar surface area (TPSA) is 91.2 Å². The van der Waals surface area contributed by atoms with E-state index in [1.54, 1.807) is 11.3 Å². The summed E-state index contributed by atoms with van der Waals surface area (Å²) in [7, 11) is 0. The van der Waals surface area contributed by atoms with E-state index in [2.05, 4.69) is 25.1 Å². The average molecular weight is 426 g/mol. The number of carbonyl (C=O) groups excluding carboxylic acids is 1. The van der Waals surface area contributed by atoms with Gasteiger partial charge in [0, 0.05) is 30.8 Å². The minimum Gasteiger partial charge on any atom is -0.454 e. The number of carbonyl (C=O) groups is 1. The molecule has 0 saturated carbocycles. The van der Waals surface area contributed by atoms with Crippen LogP contribution in [0.2, 0.25) is 0 Å². The van der Waals surface area contributed by atoms with E-state index in [9.17, 15) is 4.79 Å². The van der Waals surface area contributed by atoms with Crippen LogP contribution >= 0.6 is 11.3 Å². The number of thiazole rings is 1. The number of rotatable bonds is 5. The van der Waals surface area contributed by atoms with E-state index in [0.717, 1.165) is 65.2 Å². The molecule has 1 N–H and O–H groups in total. The molecule has 9 heteroatoms. The molecule has 1 amide bonds. The summed E-state index contributed by atoms with van der Waals surface area (Å²) >= 11 is 1.61. The Morgan fingerprint density at radius 1 is 1.27 bits per heavy atom. The smallest absolute Gasteiger partial charge is 0.231 e. The SMILES string of the molecule is Cc1nc(-c2nnc3n2CCC(NC(=O)CCc2ccc4c(c2)OCO4)CC3)cs1. The number of hydrogen-bond donors (Lipinski definition) is 1. The first-order chi connectivity index (χ1) is 14.7. The van der Waals surface area contributed by atoms with Crippen molar-refractivity contribution < 1.29 is 14.3 Å². The highest BCUT2D eigenvalue weighted by Gasteiger charge is 2.23. The number of fused-ring (bicyclic) bond motifs is 2. The maximum Gasteiger partial charge on any atom is 0.231 e. The van der Waals surface area contributed by atoms with Gasteiger partial charge in [-0.25, -0.2) is 4.98 Å². The number of amides is 1. The van der Waals surface area contributed by atoms with Crippen molar-refractivity contribution in [3.8, 4) is 23.0 Å². The lowest BCUT2D eigenvalue weighted by Gasteiger charge is -2.16. The number of benzene rings is 1. The lowest BCUT2D eigenvalue weighted by atomic mass is 10.1. The molecule has 0 bridgehead atoms. The Bertz CT molecular complexity index is 1080. The molecule has 1 atom stereocenters. The molecule has 30 heavy (non-hydrogen) atoms. The summed E-state index contributed by atoms with van der Waals surface area (Å²) in [6.07, 6.45) is 3.64. The molecule has 5 rings (SSSR count). The first kappa shape index (κ1) is 19.0. The van der Waals surface area contributed by atoms with Gasteiger partial charge in [-0.2, -0.15) is 0 Å². The summed E-state index contributed by atoms with van der Waals surface area (Å²) in [6.45, 7) is 3.03. The van der Waals surface area contributed by atoms with Crippen molar-refractivity contribution in [3.05, 3.63) is 40.0 Å². The first-order valence-electron chi connectivity index (χ1n) is 10.2. The molecule has 2 aromatic heterocycles. The molecule has 0 radical (unpaired) electrons. The van der Waals surface area contributed by atoms with E-state index >= 15 is 0 Å². The Morgan fingerprint density at radius 3 is 3.03 bits per heavy atom. The van der Waals surface area contributed by atoms with Gasteiger partial charge in [0.15, 0.2) is 17.3 Å². The van der Waals surface area contributed by atoms with Crippen LogP contribution in [0.3, 0.4) is 0 Å². The fraction of sp³-hybridized carbons (Fsp3) is 0.429. The molecule has 1 unspecified atom stereocenters. The molecule has 2 aliphatic rings. The van der Waals surface area contributed by atoms with Gasteiger partial charge in [0.2, 0.25) is 12.7 Å². The van der Waals surface area contributed by atoms with Crippen LogP contribution in [0.25, 0.3) is 11.5 Å². The van der Waals surface area contributed by atoms with Crippen LogP contribution in [-0.2, 0) is 24.2 Å². The first-order valence-corrected chi connectivity index (χ1v) is 11.1. The van der Waals surface area contributed by atoms with E-state index in [4.69, 9.17) is 9.47 Å². The quantitative estimate of drug-likeness (QED) is 0.676. The Balaban J connectivity index is 1.16. The van der Waals surface area contributed by atoms with Crippen molar-refractivity contribution in [2.24, 2.45) is 0 Å². The zero-order valence-corrected chi connectivity index (χ0v) is 17.6. The summed E-state index contributed by atoms with van der Waals surface area (Å²) in [5.41, 5.74) is 1.95. The van der Waals surface area contributed by atoms with E-state index < -0.39 is 0 Å². The Hall–Kier alpha value is -2.94. The van der Waals surface area contributed by atoms with Crippen LogP contribution in [0.15, 0.2) is 23.6 Å². The minimum atomic E-state index is 0.0747. The number of aryl methyl sites for hydroxylation is 3. The van der Waals surface area contributed by atoms with Gasteiger partial charge in [0.05, 0.1) is 5.01 Å². The monoisotopic (exact) mass is 425 g/mol. The van der Waals surface area contributed by atoms with Gasteiger partial charge in [-0.1, -0.05) is 6.07 Å². The molecule has 1 aromatic carbocycles. The largest absolute Gasteiger partial charge is 0.454 e. The molecule has 4 heterocycles. The zero-order chi connectivity index (χ0) is 20.5. The van der Waals surface area contributed by atoms with Crippen molar-refractivity contribution in [2.75, 3.05) is 6.79 Å². The summed E-state index contributed by atoms with van der Waals surface area (Å²) < 4.78 is 12.9. The molecular weight excluding hydrogens is 402 g/mol. The second-order valence-corrected chi connectivity index (χ2v) is 8.68. The summed E-state index contributed by atoms with van der Waals surface area (Å²) in [5.74, 6) is 3.38. The van der Waals surface area contributed by atoms with Crippen LogP contribution in [0.1, 0.15) is 35.7 Å². The third-order valence-corrected chi connectivity index (χ3v) is 6.31. The van der Waals surface area contributed by atoms with Crippen molar-refractivity contribution in [1.29, 1.82) is 0 Å². The van der Waals surface area contributed by atoms with E-state index in [1.807, 2.05) is 30.5 Å². The van der Waals surface area contributed by atoms with Crippen LogP contribution < -0.4 is 14.8 Å². The third-order valence-electron chi connectivity index (χ3n) is 5.54. The van der Waals surface area contributed by atoms with Gasteiger partial charge in [-0.05, 0) is 43.9 Å². The zero-order valence-electron chi connectivity index (χ0n) is 16.8. The second-order valence-electron chi connectivity index (χ2n) is 7.62. The van der Waals surface area contributed by atoms with Gasteiger partial charge < -0.3 is 19.4 Å².